The molecule has 0 radical (unpaired) electrons. The molecule has 0 atom stereocenters. The summed E-state index contributed by atoms with van der Waals surface area (Å²) in [5.41, 5.74) is 1.99. The Bertz CT molecular complexity index is 780. The van der Waals surface area contributed by atoms with Crippen LogP contribution in [0.1, 0.15) is 21.8 Å². The minimum absolute atomic E-state index is 0.115. The van der Waals surface area contributed by atoms with Gasteiger partial charge in [0.25, 0.3) is 5.91 Å². The second-order valence-electron chi connectivity index (χ2n) is 4.89. The lowest BCUT2D eigenvalue weighted by Gasteiger charge is -2.16. The molecule has 0 aliphatic heterocycles. The Hall–Kier alpha value is -3.03. The molecule has 0 saturated heterocycles. The third-order valence-electron chi connectivity index (χ3n) is 3.13. The van der Waals surface area contributed by atoms with E-state index in [0.29, 0.717) is 17.8 Å². The van der Waals surface area contributed by atoms with Gasteiger partial charge in [0.1, 0.15) is 17.8 Å². The van der Waals surface area contributed by atoms with Crippen molar-refractivity contribution in [3.8, 4) is 5.69 Å². The van der Waals surface area contributed by atoms with Gasteiger partial charge in [-0.15, -0.1) is 5.10 Å². The average molecular weight is 298 g/mol. The maximum Gasteiger partial charge on any atom is 0.254 e. The molecule has 0 spiro atoms. The number of rotatable bonds is 4. The number of carbonyl (C=O) groups is 1. The number of hydrogen-bond donors (Lipinski definition) is 0. The van der Waals surface area contributed by atoms with E-state index >= 15 is 0 Å². The molecule has 0 saturated carbocycles. The Morgan fingerprint density at radius 1 is 1.36 bits per heavy atom. The fourth-order valence-corrected chi connectivity index (χ4v) is 2.09. The van der Waals surface area contributed by atoms with Gasteiger partial charge in [-0.1, -0.05) is 11.2 Å². The van der Waals surface area contributed by atoms with E-state index in [9.17, 15) is 4.79 Å². The number of aryl methyl sites for hydroxylation is 1. The van der Waals surface area contributed by atoms with Crippen molar-refractivity contribution in [1.29, 1.82) is 0 Å². The van der Waals surface area contributed by atoms with E-state index in [-0.39, 0.29) is 5.91 Å². The number of hydrogen-bond acceptors (Lipinski definition) is 6. The van der Waals surface area contributed by atoms with Crippen molar-refractivity contribution in [2.24, 2.45) is 0 Å². The van der Waals surface area contributed by atoms with E-state index < -0.39 is 0 Å². The smallest absolute Gasteiger partial charge is 0.254 e. The molecule has 112 valence electrons. The predicted octanol–water partition coefficient (Wildman–Crippen LogP) is 1.23. The molecule has 0 aliphatic rings. The summed E-state index contributed by atoms with van der Waals surface area (Å²) in [4.78, 5) is 14.1. The fraction of sp³-hybridized carbons (Fsp3) is 0.214. The van der Waals surface area contributed by atoms with Crippen LogP contribution in [0.15, 0.2) is 41.2 Å². The molecule has 8 nitrogen and oxygen atoms in total. The molecule has 0 aliphatic carbocycles. The first-order valence-electron chi connectivity index (χ1n) is 6.64. The van der Waals surface area contributed by atoms with Crippen LogP contribution in [0, 0.1) is 6.92 Å². The van der Waals surface area contributed by atoms with Crippen LogP contribution in [0.2, 0.25) is 0 Å². The molecule has 0 N–H and O–H groups in total. The van der Waals surface area contributed by atoms with Gasteiger partial charge in [0.2, 0.25) is 0 Å². The summed E-state index contributed by atoms with van der Waals surface area (Å²) in [5, 5.41) is 14.9. The lowest BCUT2D eigenvalue weighted by Crippen LogP contribution is -2.26. The zero-order valence-corrected chi connectivity index (χ0v) is 12.2. The summed E-state index contributed by atoms with van der Waals surface area (Å²) in [6, 6.07) is 8.91. The normalized spacial score (nSPS) is 10.6. The van der Waals surface area contributed by atoms with Gasteiger partial charge in [-0.2, -0.15) is 0 Å². The SMILES string of the molecule is Cc1cc(CN(C)C(=O)c2cccc(-n3cnnn3)c2)no1. The fourth-order valence-electron chi connectivity index (χ4n) is 2.09. The molecule has 3 rings (SSSR count). The number of tetrazole rings is 1. The quantitative estimate of drug-likeness (QED) is 0.719. The highest BCUT2D eigenvalue weighted by molar-refractivity contribution is 5.94. The van der Waals surface area contributed by atoms with Crippen LogP contribution >= 0.6 is 0 Å². The molecule has 22 heavy (non-hydrogen) atoms. The van der Waals surface area contributed by atoms with E-state index in [1.807, 2.05) is 13.0 Å². The highest BCUT2D eigenvalue weighted by atomic mass is 16.5. The molecule has 2 heterocycles. The first-order valence-corrected chi connectivity index (χ1v) is 6.64. The summed E-state index contributed by atoms with van der Waals surface area (Å²) in [5.74, 6) is 0.604. The Kier molecular flexibility index (Phi) is 3.65. The molecule has 1 aromatic carbocycles. The highest BCUT2D eigenvalue weighted by Crippen LogP contribution is 2.12. The number of nitrogens with zero attached hydrogens (tertiary/aromatic N) is 6. The first-order chi connectivity index (χ1) is 10.6. The number of carbonyl (C=O) groups excluding carboxylic acids is 1. The first kappa shape index (κ1) is 13.9. The predicted molar refractivity (Wildman–Crippen MR) is 76.2 cm³/mol. The van der Waals surface area contributed by atoms with Crippen LogP contribution in [0.5, 0.6) is 0 Å². The van der Waals surface area contributed by atoms with Gasteiger partial charge in [-0.3, -0.25) is 4.79 Å². The minimum atomic E-state index is -0.115. The van der Waals surface area contributed by atoms with Crippen LogP contribution in [-0.2, 0) is 6.54 Å². The van der Waals surface area contributed by atoms with E-state index in [1.54, 1.807) is 36.2 Å². The molecule has 0 bridgehead atoms. The van der Waals surface area contributed by atoms with Crippen molar-refractivity contribution in [2.75, 3.05) is 7.05 Å². The zero-order valence-electron chi connectivity index (χ0n) is 12.2. The molecular weight excluding hydrogens is 284 g/mol. The lowest BCUT2D eigenvalue weighted by molar-refractivity contribution is 0.0782. The van der Waals surface area contributed by atoms with Crippen LogP contribution in [0.25, 0.3) is 5.69 Å². The molecule has 2 aromatic heterocycles. The third kappa shape index (κ3) is 2.85. The second kappa shape index (κ2) is 5.76. The van der Waals surface area contributed by atoms with Crippen molar-refractivity contribution < 1.29 is 9.32 Å². The number of aromatic nitrogens is 5. The lowest BCUT2D eigenvalue weighted by atomic mass is 10.1. The van der Waals surface area contributed by atoms with Crippen molar-refractivity contribution >= 4 is 5.91 Å². The minimum Gasteiger partial charge on any atom is -0.361 e. The average Bonchev–Trinajstić information content (AvgIpc) is 3.18. The van der Waals surface area contributed by atoms with Gasteiger partial charge in [0.15, 0.2) is 0 Å². The monoisotopic (exact) mass is 298 g/mol. The van der Waals surface area contributed by atoms with E-state index in [4.69, 9.17) is 4.52 Å². The van der Waals surface area contributed by atoms with E-state index in [1.165, 1.54) is 11.0 Å². The van der Waals surface area contributed by atoms with E-state index in [2.05, 4.69) is 20.7 Å². The Labute approximate surface area is 126 Å². The summed E-state index contributed by atoms with van der Waals surface area (Å²) < 4.78 is 6.50. The van der Waals surface area contributed by atoms with Crippen molar-refractivity contribution in [3.63, 3.8) is 0 Å². The van der Waals surface area contributed by atoms with Gasteiger partial charge in [0.05, 0.1) is 12.2 Å². The Morgan fingerprint density at radius 3 is 2.91 bits per heavy atom. The summed E-state index contributed by atoms with van der Waals surface area (Å²) in [7, 11) is 1.72. The molecule has 1 amide bonds. The number of benzene rings is 1. The van der Waals surface area contributed by atoms with Gasteiger partial charge < -0.3 is 9.42 Å². The summed E-state index contributed by atoms with van der Waals surface area (Å²) in [6.45, 7) is 2.19. The number of amides is 1. The molecule has 3 aromatic rings. The largest absolute Gasteiger partial charge is 0.361 e. The molecular formula is C14H14N6O2. The Balaban J connectivity index is 1.78. The second-order valence-corrected chi connectivity index (χ2v) is 4.89. The maximum absolute atomic E-state index is 12.5. The molecule has 0 unspecified atom stereocenters. The molecule has 8 heteroatoms. The van der Waals surface area contributed by atoms with Crippen LogP contribution in [0.4, 0.5) is 0 Å². The van der Waals surface area contributed by atoms with Crippen LogP contribution in [-0.4, -0.2) is 43.2 Å². The third-order valence-corrected chi connectivity index (χ3v) is 3.13. The van der Waals surface area contributed by atoms with E-state index in [0.717, 1.165) is 11.4 Å². The van der Waals surface area contributed by atoms with Gasteiger partial charge in [0, 0.05) is 18.7 Å². The van der Waals surface area contributed by atoms with Gasteiger partial charge in [-0.25, -0.2) is 4.68 Å². The van der Waals surface area contributed by atoms with Crippen molar-refractivity contribution in [2.45, 2.75) is 13.5 Å². The van der Waals surface area contributed by atoms with Gasteiger partial charge >= 0.3 is 0 Å². The van der Waals surface area contributed by atoms with Crippen molar-refractivity contribution in [3.05, 3.63) is 53.7 Å². The Morgan fingerprint density at radius 2 is 2.23 bits per heavy atom. The van der Waals surface area contributed by atoms with Gasteiger partial charge in [-0.05, 0) is 35.5 Å². The topological polar surface area (TPSA) is 89.9 Å². The summed E-state index contributed by atoms with van der Waals surface area (Å²) >= 11 is 0. The summed E-state index contributed by atoms with van der Waals surface area (Å²) in [6.07, 6.45) is 1.48. The van der Waals surface area contributed by atoms with Crippen LogP contribution in [0.3, 0.4) is 0 Å². The highest BCUT2D eigenvalue weighted by Gasteiger charge is 2.14. The molecule has 0 fully saturated rings. The zero-order chi connectivity index (χ0) is 15.5. The van der Waals surface area contributed by atoms with Crippen molar-refractivity contribution in [1.82, 2.24) is 30.3 Å². The maximum atomic E-state index is 12.5. The van der Waals surface area contributed by atoms with Crippen LogP contribution < -0.4 is 0 Å². The standard InChI is InChI=1S/C14H14N6O2/c1-10-6-12(16-22-10)8-19(2)14(21)11-4-3-5-13(7-11)20-9-15-17-18-20/h3-7,9H,8H2,1-2H3.